The van der Waals surface area contributed by atoms with Crippen LogP contribution in [0.3, 0.4) is 0 Å². The summed E-state index contributed by atoms with van der Waals surface area (Å²) in [5.74, 6) is -0.714. The molecule has 1 aliphatic rings. The standard InChI is InChI=1S/C14H10FN3O2S/c1-20-10-3-2-8(15)12-9(6-16)18(14(19)13(10)12)7-11-17-4-5-21-11/h2-5,9H,7H2,1H3. The molecule has 1 aromatic carbocycles. The summed E-state index contributed by atoms with van der Waals surface area (Å²) in [5, 5.41) is 11.8. The van der Waals surface area contributed by atoms with Crippen molar-refractivity contribution in [2.75, 3.05) is 7.11 Å². The average Bonchev–Trinajstić information content (AvgIpc) is 3.09. The second-order valence-corrected chi connectivity index (χ2v) is 5.41. The summed E-state index contributed by atoms with van der Waals surface area (Å²) in [6.45, 7) is 0.173. The summed E-state index contributed by atoms with van der Waals surface area (Å²) in [5.41, 5.74) is 0.207. The Morgan fingerprint density at radius 2 is 2.38 bits per heavy atom. The zero-order valence-electron chi connectivity index (χ0n) is 11.0. The van der Waals surface area contributed by atoms with Gasteiger partial charge in [-0.3, -0.25) is 4.79 Å². The van der Waals surface area contributed by atoms with Crippen molar-refractivity contribution in [2.45, 2.75) is 12.6 Å². The van der Waals surface area contributed by atoms with Crippen molar-refractivity contribution in [3.05, 3.63) is 45.7 Å². The van der Waals surface area contributed by atoms with Gasteiger partial charge in [0.2, 0.25) is 0 Å². The maximum atomic E-state index is 14.1. The maximum Gasteiger partial charge on any atom is 0.259 e. The first-order valence-corrected chi connectivity index (χ1v) is 7.00. The van der Waals surface area contributed by atoms with Gasteiger partial charge >= 0.3 is 0 Å². The van der Waals surface area contributed by atoms with Gasteiger partial charge in [-0.1, -0.05) is 0 Å². The van der Waals surface area contributed by atoms with Crippen molar-refractivity contribution in [1.82, 2.24) is 9.88 Å². The van der Waals surface area contributed by atoms with E-state index < -0.39 is 17.8 Å². The lowest BCUT2D eigenvalue weighted by molar-refractivity contribution is 0.0741. The van der Waals surface area contributed by atoms with Gasteiger partial charge in [0.25, 0.3) is 5.91 Å². The first kappa shape index (κ1) is 13.5. The molecule has 0 radical (unpaired) electrons. The van der Waals surface area contributed by atoms with E-state index in [2.05, 4.69) is 4.98 Å². The molecule has 21 heavy (non-hydrogen) atoms. The third-order valence-corrected chi connectivity index (χ3v) is 4.11. The van der Waals surface area contributed by atoms with Crippen LogP contribution in [0.5, 0.6) is 5.75 Å². The van der Waals surface area contributed by atoms with Crippen molar-refractivity contribution in [1.29, 1.82) is 5.26 Å². The smallest absolute Gasteiger partial charge is 0.259 e. The van der Waals surface area contributed by atoms with E-state index in [1.165, 1.54) is 35.5 Å². The number of thiazole rings is 1. The average molecular weight is 303 g/mol. The van der Waals surface area contributed by atoms with E-state index in [0.717, 1.165) is 0 Å². The Labute approximate surface area is 124 Å². The molecule has 0 spiro atoms. The number of nitriles is 1. The van der Waals surface area contributed by atoms with Crippen LogP contribution in [0.25, 0.3) is 0 Å². The minimum atomic E-state index is -0.966. The van der Waals surface area contributed by atoms with Gasteiger partial charge in [-0.25, -0.2) is 9.37 Å². The van der Waals surface area contributed by atoms with Gasteiger partial charge in [0.15, 0.2) is 0 Å². The van der Waals surface area contributed by atoms with E-state index >= 15 is 0 Å². The maximum absolute atomic E-state index is 14.1. The van der Waals surface area contributed by atoms with Crippen LogP contribution < -0.4 is 4.74 Å². The molecule has 106 valence electrons. The molecule has 0 saturated heterocycles. The molecular formula is C14H10FN3O2S. The zero-order valence-corrected chi connectivity index (χ0v) is 11.9. The molecule has 1 unspecified atom stereocenters. The molecule has 5 nitrogen and oxygen atoms in total. The lowest BCUT2D eigenvalue weighted by atomic mass is 10.0. The fourth-order valence-corrected chi connectivity index (χ4v) is 3.04. The molecular weight excluding hydrogens is 293 g/mol. The number of hydrogen-bond donors (Lipinski definition) is 0. The van der Waals surface area contributed by atoms with E-state index in [4.69, 9.17) is 4.74 Å². The SMILES string of the molecule is COc1ccc(F)c2c1C(=O)N(Cc1nccs1)C2C#N. The number of ether oxygens (including phenoxy) is 1. The Kier molecular flexibility index (Phi) is 3.31. The van der Waals surface area contributed by atoms with E-state index in [-0.39, 0.29) is 23.4 Å². The largest absolute Gasteiger partial charge is 0.496 e. The van der Waals surface area contributed by atoms with Gasteiger partial charge in [-0.05, 0) is 12.1 Å². The molecule has 2 aromatic rings. The highest BCUT2D eigenvalue weighted by molar-refractivity contribution is 7.09. The Bertz CT molecular complexity index is 739. The van der Waals surface area contributed by atoms with Crippen LogP contribution >= 0.6 is 11.3 Å². The predicted octanol–water partition coefficient (Wildman–Crippen LogP) is 2.51. The predicted molar refractivity (Wildman–Crippen MR) is 73.3 cm³/mol. The second kappa shape index (κ2) is 5.14. The van der Waals surface area contributed by atoms with Crippen molar-refractivity contribution >= 4 is 17.2 Å². The van der Waals surface area contributed by atoms with Crippen LogP contribution in [0.1, 0.15) is 27.0 Å². The second-order valence-electron chi connectivity index (χ2n) is 4.43. The fraction of sp³-hybridized carbons (Fsp3) is 0.214. The molecule has 1 aliphatic heterocycles. The van der Waals surface area contributed by atoms with E-state index in [9.17, 15) is 14.4 Å². The number of halogens is 1. The summed E-state index contributed by atoms with van der Waals surface area (Å²) >= 11 is 1.38. The van der Waals surface area contributed by atoms with Gasteiger partial charge in [0.1, 0.15) is 22.6 Å². The first-order chi connectivity index (χ1) is 10.2. The van der Waals surface area contributed by atoms with Crippen molar-refractivity contribution < 1.29 is 13.9 Å². The highest BCUT2D eigenvalue weighted by Crippen LogP contribution is 2.40. The van der Waals surface area contributed by atoms with Crippen LogP contribution in [-0.2, 0) is 6.54 Å². The van der Waals surface area contributed by atoms with Gasteiger partial charge in [0.05, 0.1) is 25.3 Å². The summed E-state index contributed by atoms with van der Waals surface area (Å²) in [6.07, 6.45) is 1.62. The number of nitrogens with zero attached hydrogens (tertiary/aromatic N) is 3. The van der Waals surface area contributed by atoms with Crippen molar-refractivity contribution in [3.63, 3.8) is 0 Å². The molecule has 1 amide bonds. The Balaban J connectivity index is 2.09. The van der Waals surface area contributed by atoms with E-state index in [1.54, 1.807) is 11.6 Å². The van der Waals surface area contributed by atoms with E-state index in [1.807, 2.05) is 6.07 Å². The van der Waals surface area contributed by atoms with Crippen LogP contribution in [0.15, 0.2) is 23.7 Å². The van der Waals surface area contributed by atoms with Gasteiger partial charge < -0.3 is 9.64 Å². The Morgan fingerprint density at radius 1 is 1.57 bits per heavy atom. The van der Waals surface area contributed by atoms with E-state index in [0.29, 0.717) is 5.01 Å². The third-order valence-electron chi connectivity index (χ3n) is 3.35. The lowest BCUT2D eigenvalue weighted by Gasteiger charge is -2.18. The van der Waals surface area contributed by atoms with Crippen LogP contribution in [-0.4, -0.2) is 22.9 Å². The minimum absolute atomic E-state index is 0.0819. The Morgan fingerprint density at radius 3 is 3.00 bits per heavy atom. The topological polar surface area (TPSA) is 66.2 Å². The summed E-state index contributed by atoms with van der Waals surface area (Å²) in [7, 11) is 1.41. The normalized spacial score (nSPS) is 16.7. The summed E-state index contributed by atoms with van der Waals surface area (Å²) < 4.78 is 19.2. The molecule has 0 aliphatic carbocycles. The van der Waals surface area contributed by atoms with Crippen LogP contribution in [0, 0.1) is 17.1 Å². The minimum Gasteiger partial charge on any atom is -0.496 e. The molecule has 3 rings (SSSR count). The van der Waals surface area contributed by atoms with Crippen LogP contribution in [0.2, 0.25) is 0 Å². The molecule has 0 fully saturated rings. The van der Waals surface area contributed by atoms with Crippen molar-refractivity contribution in [3.8, 4) is 11.8 Å². The number of carbonyl (C=O) groups excluding carboxylic acids is 1. The molecule has 1 atom stereocenters. The third kappa shape index (κ3) is 2.04. The molecule has 7 heteroatoms. The van der Waals surface area contributed by atoms with Gasteiger partial charge in [-0.2, -0.15) is 5.26 Å². The quantitative estimate of drug-likeness (QED) is 0.874. The number of methoxy groups -OCH3 is 1. The summed E-state index contributed by atoms with van der Waals surface area (Å²) in [6, 6.07) is 3.63. The first-order valence-electron chi connectivity index (χ1n) is 6.12. The number of benzene rings is 1. The molecule has 0 N–H and O–H groups in total. The Hall–Kier alpha value is -2.46. The number of fused-ring (bicyclic) bond motifs is 1. The molecule has 0 saturated carbocycles. The van der Waals surface area contributed by atoms with Gasteiger partial charge in [0, 0.05) is 17.1 Å². The summed E-state index contributed by atoms with van der Waals surface area (Å²) in [4.78, 5) is 17.9. The molecule has 1 aromatic heterocycles. The molecule has 2 heterocycles. The number of hydrogen-bond acceptors (Lipinski definition) is 5. The zero-order chi connectivity index (χ0) is 15.0. The molecule has 0 bridgehead atoms. The fourth-order valence-electron chi connectivity index (χ4n) is 2.42. The van der Waals surface area contributed by atoms with Gasteiger partial charge in [-0.15, -0.1) is 11.3 Å². The van der Waals surface area contributed by atoms with Crippen LogP contribution in [0.4, 0.5) is 4.39 Å². The van der Waals surface area contributed by atoms with Crippen molar-refractivity contribution in [2.24, 2.45) is 0 Å². The number of aromatic nitrogens is 1. The monoisotopic (exact) mass is 303 g/mol. The highest BCUT2D eigenvalue weighted by atomic mass is 32.1. The number of carbonyl (C=O) groups is 1. The highest BCUT2D eigenvalue weighted by Gasteiger charge is 2.41. The lowest BCUT2D eigenvalue weighted by Crippen LogP contribution is -2.27. The number of rotatable bonds is 3. The number of amides is 1.